The van der Waals surface area contributed by atoms with Gasteiger partial charge in [0.15, 0.2) is 5.96 Å². The average molecular weight is 1040 g/mol. The fourth-order valence-electron chi connectivity index (χ4n) is 8.60. The van der Waals surface area contributed by atoms with Crippen LogP contribution in [0.25, 0.3) is 10.9 Å². The Morgan fingerprint density at radius 2 is 1.36 bits per heavy atom. The summed E-state index contributed by atoms with van der Waals surface area (Å²) < 4.78 is 0. The molecule has 2 aromatic heterocycles. The molecule has 0 saturated carbocycles. The van der Waals surface area contributed by atoms with Gasteiger partial charge in [0.05, 0.1) is 6.33 Å². The Morgan fingerprint density at radius 1 is 0.711 bits per heavy atom. The molecule has 24 nitrogen and oxygen atoms in total. The number of aromatic amines is 2. The Hall–Kier alpha value is -9.09. The summed E-state index contributed by atoms with van der Waals surface area (Å²) in [5.41, 5.74) is 20.1. The number of para-hydroxylation sites is 1. The topological polar surface area (TPSA) is 385 Å². The molecule has 7 atom stereocenters. The van der Waals surface area contributed by atoms with Crippen LogP contribution in [0.5, 0.6) is 0 Å². The molecule has 9 amide bonds. The van der Waals surface area contributed by atoms with E-state index in [2.05, 4.69) is 62.5 Å². The van der Waals surface area contributed by atoms with Crippen LogP contribution in [0, 0.1) is 0 Å². The molecular weight excluding hydrogens is 979 g/mol. The maximum atomic E-state index is 14.6. The minimum atomic E-state index is -1.48. The minimum Gasteiger partial charge on any atom is -0.370 e. The molecule has 24 heteroatoms. The maximum absolute atomic E-state index is 14.6. The molecule has 1 fully saturated rings. The monoisotopic (exact) mass is 1040 g/mol. The van der Waals surface area contributed by atoms with Crippen LogP contribution >= 0.6 is 0 Å². The maximum Gasteiger partial charge on any atom is 0.243 e. The number of hydrogen-bond acceptors (Lipinski definition) is 11. The first-order valence-corrected chi connectivity index (χ1v) is 24.8. The van der Waals surface area contributed by atoms with Crippen molar-refractivity contribution in [3.8, 4) is 0 Å². The van der Waals surface area contributed by atoms with Gasteiger partial charge in [-0.15, -0.1) is 0 Å². The highest BCUT2D eigenvalue weighted by Gasteiger charge is 2.35. The van der Waals surface area contributed by atoms with Crippen LogP contribution < -0.4 is 59.7 Å². The number of rotatable bonds is 18. The number of aliphatic imine (C=N–C) groups is 1. The second-order valence-corrected chi connectivity index (χ2v) is 18.4. The highest BCUT2D eigenvalue weighted by atomic mass is 16.2. The summed E-state index contributed by atoms with van der Waals surface area (Å²) in [6.07, 6.45) is 3.36. The number of hydrogen-bond donors (Lipinski definition) is 13. The second-order valence-electron chi connectivity index (χ2n) is 18.4. The number of nitrogens with two attached hydrogens (primary N) is 3. The van der Waals surface area contributed by atoms with E-state index in [9.17, 15) is 43.2 Å². The molecule has 3 heterocycles. The van der Waals surface area contributed by atoms with Crippen LogP contribution in [0.3, 0.4) is 0 Å². The Bertz CT molecular complexity index is 2840. The molecule has 5 aromatic rings. The first-order valence-electron chi connectivity index (χ1n) is 24.8. The van der Waals surface area contributed by atoms with E-state index in [4.69, 9.17) is 17.2 Å². The Morgan fingerprint density at radius 3 is 2.03 bits per heavy atom. The Labute approximate surface area is 437 Å². The number of amides is 9. The molecule has 1 saturated heterocycles. The summed E-state index contributed by atoms with van der Waals surface area (Å²) in [7, 11) is 0. The number of imidazole rings is 1. The van der Waals surface area contributed by atoms with E-state index in [1.165, 1.54) is 19.4 Å². The largest absolute Gasteiger partial charge is 0.370 e. The van der Waals surface area contributed by atoms with Gasteiger partial charge in [-0.3, -0.25) is 48.1 Å². The molecule has 3 aromatic carbocycles. The SMILES string of the molecule is CC(=O)N[C@@H](Cc1ccccc1)C(=O)N[C@H]1CCC(=O)NCC[C@@H](C(=O)N[C@@H](Cc2c[nH]c3ccccc23)C(N)=O)NC(=O)[C@H](CCCN=C(N)N)NC(=O)[C@@H](Cc2ccccc2)NC(=O)[C@H](Cc2cnc[nH]2)NC1=O. The highest BCUT2D eigenvalue weighted by Crippen LogP contribution is 2.19. The minimum absolute atomic E-state index is 0.0215. The van der Waals surface area contributed by atoms with Crippen molar-refractivity contribution in [3.05, 3.63) is 126 Å². The smallest absolute Gasteiger partial charge is 0.243 e. The van der Waals surface area contributed by atoms with Gasteiger partial charge in [0.1, 0.15) is 42.3 Å². The number of nitrogens with zero attached hydrogens (tertiary/aromatic N) is 2. The van der Waals surface area contributed by atoms with Gasteiger partial charge in [-0.2, -0.15) is 0 Å². The summed E-state index contributed by atoms with van der Waals surface area (Å²) in [5, 5.41) is 22.3. The highest BCUT2D eigenvalue weighted by molar-refractivity contribution is 5.98. The van der Waals surface area contributed by atoms with Crippen molar-refractivity contribution < 1.29 is 43.2 Å². The Kier molecular flexibility index (Phi) is 20.6. The van der Waals surface area contributed by atoms with Gasteiger partial charge in [0, 0.05) is 81.1 Å². The number of nitrogens with one attached hydrogen (secondary N) is 10. The molecule has 6 rings (SSSR count). The van der Waals surface area contributed by atoms with Crippen LogP contribution in [0.2, 0.25) is 0 Å². The second kappa shape index (κ2) is 27.8. The first kappa shape index (κ1) is 56.2. The van der Waals surface area contributed by atoms with E-state index in [0.29, 0.717) is 22.4 Å². The first-order chi connectivity index (χ1) is 36.5. The molecule has 0 bridgehead atoms. The number of H-pyrrole nitrogens is 2. The van der Waals surface area contributed by atoms with E-state index in [1.807, 2.05) is 24.3 Å². The van der Waals surface area contributed by atoms with Crippen molar-refractivity contribution in [2.24, 2.45) is 22.2 Å². The summed E-state index contributed by atoms with van der Waals surface area (Å²) in [6, 6.07) is 15.3. The van der Waals surface area contributed by atoms with Gasteiger partial charge in [-0.05, 0) is 48.4 Å². The quantitative estimate of drug-likeness (QED) is 0.0269. The lowest BCUT2D eigenvalue weighted by Crippen LogP contribution is -2.60. The molecule has 16 N–H and O–H groups in total. The van der Waals surface area contributed by atoms with Gasteiger partial charge >= 0.3 is 0 Å². The summed E-state index contributed by atoms with van der Waals surface area (Å²) >= 11 is 0. The molecule has 0 radical (unpaired) electrons. The molecule has 0 aliphatic carbocycles. The molecule has 0 unspecified atom stereocenters. The molecule has 1 aliphatic heterocycles. The zero-order valence-corrected chi connectivity index (χ0v) is 41.9. The van der Waals surface area contributed by atoms with Crippen molar-refractivity contribution in [2.75, 3.05) is 13.1 Å². The fraction of sp³-hybridized carbons (Fsp3) is 0.365. The lowest BCUT2D eigenvalue weighted by Gasteiger charge is -2.28. The Balaban J connectivity index is 1.35. The van der Waals surface area contributed by atoms with Crippen LogP contribution in [0.1, 0.15) is 61.4 Å². The van der Waals surface area contributed by atoms with E-state index >= 15 is 0 Å². The standard InChI is InChI=1S/C52H65N15O9/c1-30(68)61-41(23-31-11-4-2-5-12-31)49(74)63-38-18-19-44(69)57-22-20-39(48(73)65-40(45(53)70)25-33-27-59-36-16-9-8-15-35(33)36)64-46(71)37(17-10-21-58-52(54)55)62-50(75)42(24-32-13-6-3-7-14-32)66-51(76)43(67-47(38)72)26-34-28-56-29-60-34/h2-9,11-16,27-29,37-43,59H,10,17-26H2,1H3,(H2,53,70)(H,56,60)(H,57,69)(H,61,68)(H,62,75)(H,63,74)(H,64,71)(H,65,73)(H,66,76)(H,67,72)(H4,54,55,58)/t37-,38-,39-,40-,41-,42+,43-/m0/s1. The molecule has 402 valence electrons. The molecule has 76 heavy (non-hydrogen) atoms. The van der Waals surface area contributed by atoms with Gasteiger partial charge in [-0.25, -0.2) is 4.98 Å². The number of guanidine groups is 1. The van der Waals surface area contributed by atoms with Crippen molar-refractivity contribution in [2.45, 2.75) is 107 Å². The van der Waals surface area contributed by atoms with Crippen LogP contribution in [-0.4, -0.2) is 129 Å². The number of carbonyl (C=O) groups is 9. The predicted molar refractivity (Wildman–Crippen MR) is 280 cm³/mol. The number of primary amides is 1. The van der Waals surface area contributed by atoms with Crippen LogP contribution in [0.15, 0.2) is 109 Å². The van der Waals surface area contributed by atoms with Gasteiger partial charge in [0.25, 0.3) is 0 Å². The van der Waals surface area contributed by atoms with Gasteiger partial charge < -0.3 is 69.7 Å². The number of benzene rings is 3. The van der Waals surface area contributed by atoms with Crippen molar-refractivity contribution >= 4 is 70.0 Å². The van der Waals surface area contributed by atoms with E-state index in [-0.39, 0.29) is 76.8 Å². The average Bonchev–Trinajstić information content (AvgIpc) is 4.07. The van der Waals surface area contributed by atoms with Gasteiger partial charge in [-0.1, -0.05) is 78.9 Å². The fourth-order valence-corrected chi connectivity index (χ4v) is 8.60. The zero-order valence-electron chi connectivity index (χ0n) is 41.9. The van der Waals surface area contributed by atoms with E-state index in [1.54, 1.807) is 66.9 Å². The summed E-state index contributed by atoms with van der Waals surface area (Å²) in [4.78, 5) is 140. The summed E-state index contributed by atoms with van der Waals surface area (Å²) in [6.45, 7) is 1.05. The van der Waals surface area contributed by atoms with Crippen molar-refractivity contribution in [1.29, 1.82) is 0 Å². The third kappa shape index (κ3) is 17.3. The predicted octanol–water partition coefficient (Wildman–Crippen LogP) is -1.59. The molecule has 1 aliphatic rings. The number of aromatic nitrogens is 3. The van der Waals surface area contributed by atoms with Crippen LogP contribution in [0.4, 0.5) is 0 Å². The molecule has 0 spiro atoms. The zero-order chi connectivity index (χ0) is 54.6. The lowest BCUT2D eigenvalue weighted by molar-refractivity contribution is -0.135. The van der Waals surface area contributed by atoms with Gasteiger partial charge in [0.2, 0.25) is 53.2 Å². The molecular formula is C52H65N15O9. The summed E-state index contributed by atoms with van der Waals surface area (Å²) in [5.74, 6) is -7.23. The van der Waals surface area contributed by atoms with Crippen LogP contribution in [-0.2, 0) is 68.8 Å². The third-order valence-electron chi connectivity index (χ3n) is 12.5. The number of fused-ring (bicyclic) bond motifs is 1. The normalized spacial score (nSPS) is 19.8. The number of carbonyl (C=O) groups excluding carboxylic acids is 9. The van der Waals surface area contributed by atoms with E-state index < -0.39 is 95.5 Å². The van der Waals surface area contributed by atoms with E-state index in [0.717, 1.165) is 10.9 Å². The lowest BCUT2D eigenvalue weighted by atomic mass is 10.0. The van der Waals surface area contributed by atoms with Crippen molar-refractivity contribution in [3.63, 3.8) is 0 Å². The van der Waals surface area contributed by atoms with Crippen molar-refractivity contribution in [1.82, 2.24) is 57.5 Å². The third-order valence-corrected chi connectivity index (χ3v) is 12.5.